The molecule has 0 atom stereocenters. The molecule has 1 heterocycles. The van der Waals surface area contributed by atoms with Crippen molar-refractivity contribution in [2.45, 2.75) is 20.0 Å². The van der Waals surface area contributed by atoms with Crippen LogP contribution in [0.1, 0.15) is 17.3 Å². The monoisotopic (exact) mass is 267 g/mol. The molecule has 0 spiro atoms. The Morgan fingerprint density at radius 1 is 1.33 bits per heavy atom. The zero-order valence-electron chi connectivity index (χ0n) is 10.0. The first-order valence-corrected chi connectivity index (χ1v) is 6.01. The summed E-state index contributed by atoms with van der Waals surface area (Å²) in [7, 11) is 0. The number of aliphatic hydroxyl groups is 1. The Hall–Kier alpha value is -1.52. The molecule has 0 unspecified atom stereocenters. The molecule has 0 bridgehead atoms. The van der Waals surface area contributed by atoms with E-state index >= 15 is 0 Å². The predicted octanol–water partition coefficient (Wildman–Crippen LogP) is 2.75. The largest absolute Gasteiger partial charge is 0.484 e. The minimum atomic E-state index is 0.0604. The van der Waals surface area contributed by atoms with Crippen LogP contribution in [0.5, 0.6) is 5.75 Å². The van der Waals surface area contributed by atoms with Gasteiger partial charge in [-0.15, -0.1) is 0 Å². The Labute approximate surface area is 110 Å². The fraction of sp³-hybridized carbons (Fsp3) is 0.308. The summed E-state index contributed by atoms with van der Waals surface area (Å²) in [6.45, 7) is 2.14. The lowest BCUT2D eigenvalue weighted by Crippen LogP contribution is -1.97. The van der Waals surface area contributed by atoms with Gasteiger partial charge in [0.2, 0.25) is 5.89 Å². The van der Waals surface area contributed by atoms with Gasteiger partial charge in [-0.25, -0.2) is 4.98 Å². The molecule has 2 rings (SSSR count). The van der Waals surface area contributed by atoms with Crippen LogP contribution in [0, 0.1) is 6.92 Å². The highest BCUT2D eigenvalue weighted by Gasteiger charge is 2.09. The Balaban J connectivity index is 1.97. The summed E-state index contributed by atoms with van der Waals surface area (Å²) in [5.41, 5.74) is 0.771. The Bertz CT molecular complexity index is 507. The van der Waals surface area contributed by atoms with Gasteiger partial charge in [-0.1, -0.05) is 11.6 Å². The smallest absolute Gasteiger partial charge is 0.232 e. The van der Waals surface area contributed by atoms with Gasteiger partial charge in [0.05, 0.1) is 5.69 Å². The Morgan fingerprint density at radius 3 is 2.72 bits per heavy atom. The van der Waals surface area contributed by atoms with Gasteiger partial charge in [-0.2, -0.15) is 0 Å². The van der Waals surface area contributed by atoms with Crippen LogP contribution in [-0.2, 0) is 13.0 Å². The number of oxazole rings is 1. The number of aromatic nitrogens is 1. The van der Waals surface area contributed by atoms with Crippen LogP contribution in [0.25, 0.3) is 0 Å². The maximum atomic E-state index is 8.86. The minimum Gasteiger partial charge on any atom is -0.484 e. The third-order valence-corrected chi connectivity index (χ3v) is 2.71. The Morgan fingerprint density at radius 2 is 2.06 bits per heavy atom. The summed E-state index contributed by atoms with van der Waals surface area (Å²) >= 11 is 5.78. The number of ether oxygens (including phenoxy) is 1. The Kier molecular flexibility index (Phi) is 4.23. The van der Waals surface area contributed by atoms with E-state index in [9.17, 15) is 0 Å². The molecule has 0 aliphatic heterocycles. The number of rotatable bonds is 5. The fourth-order valence-corrected chi connectivity index (χ4v) is 1.69. The van der Waals surface area contributed by atoms with E-state index in [-0.39, 0.29) is 13.2 Å². The highest BCUT2D eigenvalue weighted by atomic mass is 35.5. The molecule has 0 amide bonds. The van der Waals surface area contributed by atoms with E-state index in [4.69, 9.17) is 25.9 Å². The number of halogens is 1. The molecule has 1 N–H and O–H groups in total. The quantitative estimate of drug-likeness (QED) is 0.905. The first kappa shape index (κ1) is 12.9. The van der Waals surface area contributed by atoms with Crippen LogP contribution in [0.15, 0.2) is 28.7 Å². The maximum Gasteiger partial charge on any atom is 0.232 e. The second kappa shape index (κ2) is 5.89. The number of hydrogen-bond acceptors (Lipinski definition) is 4. The number of nitrogens with zero attached hydrogens (tertiary/aromatic N) is 1. The van der Waals surface area contributed by atoms with Crippen molar-refractivity contribution in [3.63, 3.8) is 0 Å². The van der Waals surface area contributed by atoms with E-state index in [1.807, 2.05) is 6.92 Å². The van der Waals surface area contributed by atoms with E-state index < -0.39 is 0 Å². The van der Waals surface area contributed by atoms with E-state index in [0.29, 0.717) is 23.1 Å². The summed E-state index contributed by atoms with van der Waals surface area (Å²) in [6.07, 6.45) is 0.496. The van der Waals surface area contributed by atoms with Crippen LogP contribution in [0.2, 0.25) is 5.02 Å². The topological polar surface area (TPSA) is 55.5 Å². The van der Waals surface area contributed by atoms with Gasteiger partial charge in [0, 0.05) is 18.1 Å². The number of aryl methyl sites for hydroxylation is 1. The molecular formula is C13H14ClNO3. The lowest BCUT2D eigenvalue weighted by atomic mass is 10.3. The van der Waals surface area contributed by atoms with Crippen molar-refractivity contribution in [3.05, 3.63) is 46.6 Å². The second-order valence-electron chi connectivity index (χ2n) is 3.83. The van der Waals surface area contributed by atoms with Gasteiger partial charge in [0.25, 0.3) is 0 Å². The van der Waals surface area contributed by atoms with Gasteiger partial charge < -0.3 is 14.3 Å². The van der Waals surface area contributed by atoms with Crippen molar-refractivity contribution in [1.82, 2.24) is 4.98 Å². The van der Waals surface area contributed by atoms with Gasteiger partial charge in [0.15, 0.2) is 6.61 Å². The zero-order valence-corrected chi connectivity index (χ0v) is 10.8. The lowest BCUT2D eigenvalue weighted by Gasteiger charge is -2.02. The first-order valence-electron chi connectivity index (χ1n) is 5.63. The van der Waals surface area contributed by atoms with Crippen molar-refractivity contribution >= 4 is 11.6 Å². The predicted molar refractivity (Wildman–Crippen MR) is 67.8 cm³/mol. The molecule has 0 radical (unpaired) electrons. The summed E-state index contributed by atoms with van der Waals surface area (Å²) in [5.74, 6) is 1.93. The minimum absolute atomic E-state index is 0.0604. The molecule has 0 saturated carbocycles. The van der Waals surface area contributed by atoms with Crippen molar-refractivity contribution in [3.8, 4) is 5.75 Å². The molecule has 1 aromatic carbocycles. The summed E-state index contributed by atoms with van der Waals surface area (Å²) in [6, 6.07) is 7.09. The van der Waals surface area contributed by atoms with Gasteiger partial charge in [-0.05, 0) is 31.2 Å². The lowest BCUT2D eigenvalue weighted by molar-refractivity contribution is 0.260. The van der Waals surface area contributed by atoms with Crippen molar-refractivity contribution in [2.24, 2.45) is 0 Å². The third kappa shape index (κ3) is 3.24. The normalized spacial score (nSPS) is 10.6. The van der Waals surface area contributed by atoms with E-state index in [1.165, 1.54) is 0 Å². The van der Waals surface area contributed by atoms with Gasteiger partial charge in [-0.3, -0.25) is 0 Å². The van der Waals surface area contributed by atoms with Crippen LogP contribution in [-0.4, -0.2) is 16.7 Å². The molecule has 0 fully saturated rings. The molecule has 4 nitrogen and oxygen atoms in total. The molecule has 96 valence electrons. The fourth-order valence-electron chi connectivity index (χ4n) is 1.56. The van der Waals surface area contributed by atoms with Crippen molar-refractivity contribution in [1.29, 1.82) is 0 Å². The standard InChI is InChI=1S/C13H14ClNO3/c1-9-12(6-7-16)15-13(18-9)8-17-11-4-2-10(14)3-5-11/h2-5,16H,6-8H2,1H3. The summed E-state index contributed by atoms with van der Waals surface area (Å²) in [5, 5.41) is 9.53. The summed E-state index contributed by atoms with van der Waals surface area (Å²) in [4.78, 5) is 4.25. The SMILES string of the molecule is Cc1oc(COc2ccc(Cl)cc2)nc1CCO. The molecular weight excluding hydrogens is 254 g/mol. The van der Waals surface area contributed by atoms with Crippen molar-refractivity contribution in [2.75, 3.05) is 6.61 Å². The maximum absolute atomic E-state index is 8.86. The van der Waals surface area contributed by atoms with Crippen LogP contribution in [0.4, 0.5) is 0 Å². The zero-order chi connectivity index (χ0) is 13.0. The van der Waals surface area contributed by atoms with Crippen LogP contribution >= 0.6 is 11.6 Å². The first-order chi connectivity index (χ1) is 8.69. The van der Waals surface area contributed by atoms with E-state index in [2.05, 4.69) is 4.98 Å². The van der Waals surface area contributed by atoms with Crippen LogP contribution < -0.4 is 4.74 Å². The third-order valence-electron chi connectivity index (χ3n) is 2.46. The molecule has 0 aliphatic carbocycles. The molecule has 18 heavy (non-hydrogen) atoms. The highest BCUT2D eigenvalue weighted by Crippen LogP contribution is 2.17. The van der Waals surface area contributed by atoms with E-state index in [0.717, 1.165) is 11.5 Å². The number of hydrogen-bond donors (Lipinski definition) is 1. The average Bonchev–Trinajstić information content (AvgIpc) is 2.70. The molecule has 1 aromatic heterocycles. The van der Waals surface area contributed by atoms with Crippen LogP contribution in [0.3, 0.4) is 0 Å². The molecule has 0 aliphatic rings. The highest BCUT2D eigenvalue weighted by molar-refractivity contribution is 6.30. The van der Waals surface area contributed by atoms with Gasteiger partial charge in [0.1, 0.15) is 11.5 Å². The molecule has 2 aromatic rings. The number of benzene rings is 1. The second-order valence-corrected chi connectivity index (χ2v) is 4.26. The molecule has 0 saturated heterocycles. The van der Waals surface area contributed by atoms with E-state index in [1.54, 1.807) is 24.3 Å². The van der Waals surface area contributed by atoms with Crippen molar-refractivity contribution < 1.29 is 14.3 Å². The van der Waals surface area contributed by atoms with Gasteiger partial charge >= 0.3 is 0 Å². The summed E-state index contributed by atoms with van der Waals surface area (Å²) < 4.78 is 11.0. The number of aliphatic hydroxyl groups excluding tert-OH is 1. The average molecular weight is 268 g/mol. The molecule has 5 heteroatoms.